The zero-order valence-electron chi connectivity index (χ0n) is 8.97. The van der Waals surface area contributed by atoms with Crippen molar-refractivity contribution in [3.63, 3.8) is 0 Å². The highest BCUT2D eigenvalue weighted by atomic mass is 16.2. The lowest BCUT2D eigenvalue weighted by Crippen LogP contribution is -1.83. The van der Waals surface area contributed by atoms with Crippen LogP contribution in [0.2, 0.25) is 0 Å². The molecule has 0 aromatic rings. The summed E-state index contributed by atoms with van der Waals surface area (Å²) in [6, 6.07) is 0. The highest BCUT2D eigenvalue weighted by molar-refractivity contribution is 4.82. The van der Waals surface area contributed by atoms with E-state index < -0.39 is 6.37 Å². The second-order valence-corrected chi connectivity index (χ2v) is 2.56. The van der Waals surface area contributed by atoms with Gasteiger partial charge in [-0.1, -0.05) is 25.7 Å². The maximum atomic E-state index is 8.50. The first-order valence-corrected chi connectivity index (χ1v) is 4.21. The highest BCUT2D eigenvalue weighted by Gasteiger charge is 1.88. The van der Waals surface area contributed by atoms with Crippen molar-refractivity contribution in [3.8, 4) is 12.3 Å². The average molecular weight is 156 g/mol. The van der Waals surface area contributed by atoms with Crippen LogP contribution in [0.4, 0.5) is 0 Å². The normalized spacial score (nSPS) is 13.5. The SMILES string of the molecule is [2H]C([2H])(C#C)CCCCCCCO. The molecule has 0 aliphatic rings. The Morgan fingerprint density at radius 1 is 1.09 bits per heavy atom. The van der Waals surface area contributed by atoms with E-state index in [2.05, 4.69) is 5.92 Å². The van der Waals surface area contributed by atoms with Crippen LogP contribution in [0, 0.1) is 12.3 Å². The minimum absolute atomic E-state index is 0.255. The van der Waals surface area contributed by atoms with Crippen LogP contribution >= 0.6 is 0 Å². The fourth-order valence-corrected chi connectivity index (χ4v) is 0.928. The lowest BCUT2D eigenvalue weighted by atomic mass is 10.1. The first-order valence-electron chi connectivity index (χ1n) is 5.21. The van der Waals surface area contributed by atoms with Crippen molar-refractivity contribution in [3.05, 3.63) is 0 Å². The van der Waals surface area contributed by atoms with E-state index in [-0.39, 0.29) is 6.61 Å². The molecule has 0 atom stereocenters. The monoisotopic (exact) mass is 156 g/mol. The van der Waals surface area contributed by atoms with Crippen molar-refractivity contribution in [2.75, 3.05) is 6.61 Å². The van der Waals surface area contributed by atoms with Crippen molar-refractivity contribution in [1.29, 1.82) is 0 Å². The van der Waals surface area contributed by atoms with Gasteiger partial charge in [0.2, 0.25) is 0 Å². The van der Waals surface area contributed by atoms with Crippen LogP contribution in [0.5, 0.6) is 0 Å². The van der Waals surface area contributed by atoms with Gasteiger partial charge in [-0.15, -0.1) is 12.3 Å². The van der Waals surface area contributed by atoms with E-state index in [0.29, 0.717) is 6.42 Å². The number of rotatable bonds is 7. The molecule has 0 radical (unpaired) electrons. The Hall–Kier alpha value is -0.480. The van der Waals surface area contributed by atoms with Crippen LogP contribution in [0.15, 0.2) is 0 Å². The Kier molecular flexibility index (Phi) is 6.22. The Morgan fingerprint density at radius 3 is 2.18 bits per heavy atom. The number of hydrogen-bond donors (Lipinski definition) is 1. The Bertz CT molecular complexity index is 161. The largest absolute Gasteiger partial charge is 0.396 e. The predicted octanol–water partition coefficient (Wildman–Crippen LogP) is 2.34. The predicted molar refractivity (Wildman–Crippen MR) is 48.2 cm³/mol. The zero-order valence-corrected chi connectivity index (χ0v) is 6.97. The van der Waals surface area contributed by atoms with E-state index in [1.54, 1.807) is 0 Å². The number of aliphatic hydroxyl groups is 1. The number of unbranched alkanes of at least 4 members (excludes halogenated alkanes) is 4. The highest BCUT2D eigenvalue weighted by Crippen LogP contribution is 2.05. The Balaban J connectivity index is 3.22. The van der Waals surface area contributed by atoms with Gasteiger partial charge in [-0.3, -0.25) is 0 Å². The maximum absolute atomic E-state index is 8.50. The van der Waals surface area contributed by atoms with Crippen molar-refractivity contribution in [2.24, 2.45) is 0 Å². The molecule has 0 aromatic carbocycles. The van der Waals surface area contributed by atoms with E-state index in [4.69, 9.17) is 14.3 Å². The summed E-state index contributed by atoms with van der Waals surface area (Å²) in [7, 11) is 0. The van der Waals surface area contributed by atoms with Crippen LogP contribution in [0.1, 0.15) is 47.6 Å². The second-order valence-electron chi connectivity index (χ2n) is 2.56. The van der Waals surface area contributed by atoms with Gasteiger partial charge >= 0.3 is 0 Å². The summed E-state index contributed by atoms with van der Waals surface area (Å²) >= 11 is 0. The summed E-state index contributed by atoms with van der Waals surface area (Å²) in [5, 5.41) is 8.50. The standard InChI is InChI=1S/C10H18O/c1-2-3-4-5-6-7-8-9-10-11/h1,11H,3-10H2/i3D2. The van der Waals surface area contributed by atoms with Crippen molar-refractivity contribution < 1.29 is 7.85 Å². The molecular formula is C10H18O. The topological polar surface area (TPSA) is 20.2 Å². The smallest absolute Gasteiger partial charge is 0.0431 e. The fourth-order valence-electron chi connectivity index (χ4n) is 0.928. The minimum Gasteiger partial charge on any atom is -0.396 e. The summed E-state index contributed by atoms with van der Waals surface area (Å²) in [6.45, 7) is 0.255. The quantitative estimate of drug-likeness (QED) is 0.443. The molecule has 0 fully saturated rings. The van der Waals surface area contributed by atoms with Gasteiger partial charge in [0.25, 0.3) is 0 Å². The van der Waals surface area contributed by atoms with E-state index in [1.807, 2.05) is 0 Å². The van der Waals surface area contributed by atoms with Crippen LogP contribution in [0.25, 0.3) is 0 Å². The second kappa shape index (κ2) is 9.52. The summed E-state index contributed by atoms with van der Waals surface area (Å²) < 4.78 is 14.6. The molecule has 0 saturated carbocycles. The van der Waals surface area contributed by atoms with Crippen LogP contribution in [-0.2, 0) is 0 Å². The number of hydrogen-bond acceptors (Lipinski definition) is 1. The Labute approximate surface area is 72.6 Å². The minimum atomic E-state index is -1.43. The number of terminal acetylenes is 1. The Morgan fingerprint density at radius 2 is 1.64 bits per heavy atom. The number of aliphatic hydroxyl groups excluding tert-OH is 1. The summed E-state index contributed by atoms with van der Waals surface area (Å²) in [5.41, 5.74) is 0. The van der Waals surface area contributed by atoms with Crippen molar-refractivity contribution >= 4 is 0 Å². The van der Waals surface area contributed by atoms with Crippen molar-refractivity contribution in [1.82, 2.24) is 0 Å². The molecule has 0 aliphatic heterocycles. The molecule has 0 amide bonds. The molecule has 0 aliphatic carbocycles. The first kappa shape index (κ1) is 7.18. The molecule has 1 N–H and O–H groups in total. The molecule has 0 heterocycles. The third-order valence-electron chi connectivity index (χ3n) is 1.56. The molecule has 0 bridgehead atoms. The molecule has 0 rings (SSSR count). The van der Waals surface area contributed by atoms with E-state index >= 15 is 0 Å². The summed E-state index contributed by atoms with van der Waals surface area (Å²) in [6.07, 6.45) is 8.79. The third-order valence-corrected chi connectivity index (χ3v) is 1.56. The molecule has 0 spiro atoms. The summed E-state index contributed by atoms with van der Waals surface area (Å²) in [4.78, 5) is 0. The van der Waals surface area contributed by atoms with Gasteiger partial charge < -0.3 is 5.11 Å². The molecule has 64 valence electrons. The van der Waals surface area contributed by atoms with Gasteiger partial charge in [0.05, 0.1) is 0 Å². The lowest BCUT2D eigenvalue weighted by Gasteiger charge is -1.97. The van der Waals surface area contributed by atoms with Gasteiger partial charge in [-0.05, 0) is 12.8 Å². The maximum Gasteiger partial charge on any atom is 0.0431 e. The molecule has 1 heteroatoms. The van der Waals surface area contributed by atoms with Crippen molar-refractivity contribution in [2.45, 2.75) is 44.9 Å². The van der Waals surface area contributed by atoms with Crippen LogP contribution < -0.4 is 0 Å². The first-order chi connectivity index (χ1) is 6.12. The molecule has 0 aromatic heterocycles. The van der Waals surface area contributed by atoms with Gasteiger partial charge in [0.1, 0.15) is 0 Å². The molecule has 11 heavy (non-hydrogen) atoms. The van der Waals surface area contributed by atoms with Gasteiger partial charge in [0, 0.05) is 15.7 Å². The van der Waals surface area contributed by atoms with Gasteiger partial charge in [-0.25, -0.2) is 0 Å². The van der Waals surface area contributed by atoms with Crippen LogP contribution in [-0.4, -0.2) is 11.7 Å². The van der Waals surface area contributed by atoms with E-state index in [1.165, 1.54) is 0 Å². The van der Waals surface area contributed by atoms with Gasteiger partial charge in [-0.2, -0.15) is 0 Å². The lowest BCUT2D eigenvalue weighted by molar-refractivity contribution is 0.282. The van der Waals surface area contributed by atoms with E-state index in [9.17, 15) is 0 Å². The zero-order chi connectivity index (χ0) is 10.2. The van der Waals surface area contributed by atoms with Gasteiger partial charge in [0.15, 0.2) is 0 Å². The van der Waals surface area contributed by atoms with E-state index in [0.717, 1.165) is 32.1 Å². The van der Waals surface area contributed by atoms with Crippen LogP contribution in [0.3, 0.4) is 0 Å². The average Bonchev–Trinajstić information content (AvgIpc) is 2.11. The molecular weight excluding hydrogens is 136 g/mol. The molecule has 1 nitrogen and oxygen atoms in total. The molecule has 0 unspecified atom stereocenters. The summed E-state index contributed by atoms with van der Waals surface area (Å²) in [5.74, 6) is 2.14. The molecule has 0 saturated heterocycles. The third kappa shape index (κ3) is 9.52. The fraction of sp³-hybridized carbons (Fsp3) is 0.800.